The van der Waals surface area contributed by atoms with Crippen molar-refractivity contribution in [3.8, 4) is 22.1 Å². The first kappa shape index (κ1) is 18.7. The summed E-state index contributed by atoms with van der Waals surface area (Å²) in [6, 6.07) is 9.19. The zero-order chi connectivity index (χ0) is 19.2. The first-order chi connectivity index (χ1) is 13.1. The molecule has 6 nitrogen and oxygen atoms in total. The molecule has 3 aromatic rings. The van der Waals surface area contributed by atoms with Gasteiger partial charge < -0.3 is 18.8 Å². The van der Waals surface area contributed by atoms with Crippen LogP contribution >= 0.6 is 11.3 Å². The van der Waals surface area contributed by atoms with Gasteiger partial charge >= 0.3 is 0 Å². The second kappa shape index (κ2) is 8.55. The number of furan rings is 1. The largest absolute Gasteiger partial charge is 0.493 e. The molecule has 27 heavy (non-hydrogen) atoms. The van der Waals surface area contributed by atoms with E-state index in [4.69, 9.17) is 13.9 Å². The average Bonchev–Trinajstić information content (AvgIpc) is 3.37. The Labute approximate surface area is 161 Å². The number of rotatable bonds is 8. The van der Waals surface area contributed by atoms with Gasteiger partial charge in [-0.2, -0.15) is 0 Å². The summed E-state index contributed by atoms with van der Waals surface area (Å²) in [5.41, 5.74) is 1.26. The molecule has 2 heterocycles. The summed E-state index contributed by atoms with van der Waals surface area (Å²) >= 11 is 1.40. The van der Waals surface area contributed by atoms with E-state index in [0.717, 1.165) is 16.3 Å². The highest BCUT2D eigenvalue weighted by molar-refractivity contribution is 7.13. The van der Waals surface area contributed by atoms with E-state index in [1.807, 2.05) is 24.3 Å². The van der Waals surface area contributed by atoms with Gasteiger partial charge in [0.25, 0.3) is 5.91 Å². The summed E-state index contributed by atoms with van der Waals surface area (Å²) in [4.78, 5) is 18.6. The van der Waals surface area contributed by atoms with Crippen molar-refractivity contribution in [1.29, 1.82) is 0 Å². The van der Waals surface area contributed by atoms with E-state index in [1.54, 1.807) is 42.8 Å². The number of ether oxygens (including phenoxy) is 2. The Morgan fingerprint density at radius 2 is 2.22 bits per heavy atom. The van der Waals surface area contributed by atoms with Crippen LogP contribution in [-0.2, 0) is 6.54 Å². The van der Waals surface area contributed by atoms with E-state index < -0.39 is 0 Å². The van der Waals surface area contributed by atoms with Crippen molar-refractivity contribution in [3.05, 3.63) is 66.1 Å². The van der Waals surface area contributed by atoms with Gasteiger partial charge in [0.05, 0.1) is 19.9 Å². The standard InChI is InChI=1S/C20H20N2O4S/c1-4-9-26-17-8-7-14(11-18(17)24-3)19-21-16(13-27-19)20(23)22(2)12-15-6-5-10-25-15/h4-8,10-11,13H,1,9,12H2,2-3H3. The molecule has 0 N–H and O–H groups in total. The molecule has 0 spiro atoms. The van der Waals surface area contributed by atoms with Gasteiger partial charge in [-0.15, -0.1) is 11.3 Å². The van der Waals surface area contributed by atoms with Crippen LogP contribution in [0.2, 0.25) is 0 Å². The van der Waals surface area contributed by atoms with Gasteiger partial charge in [0.15, 0.2) is 11.5 Å². The van der Waals surface area contributed by atoms with E-state index in [1.165, 1.54) is 11.3 Å². The second-order valence-electron chi connectivity index (χ2n) is 5.74. The van der Waals surface area contributed by atoms with Crippen molar-refractivity contribution in [2.45, 2.75) is 6.54 Å². The Morgan fingerprint density at radius 3 is 2.93 bits per heavy atom. The Hall–Kier alpha value is -3.06. The fourth-order valence-corrected chi connectivity index (χ4v) is 3.27. The van der Waals surface area contributed by atoms with Crippen LogP contribution in [0.25, 0.3) is 10.6 Å². The maximum Gasteiger partial charge on any atom is 0.273 e. The normalized spacial score (nSPS) is 10.4. The van der Waals surface area contributed by atoms with E-state index in [9.17, 15) is 4.79 Å². The third-order valence-corrected chi connectivity index (χ3v) is 4.70. The molecule has 0 atom stereocenters. The Bertz CT molecular complexity index is 918. The minimum Gasteiger partial charge on any atom is -0.493 e. The maximum absolute atomic E-state index is 12.6. The predicted octanol–water partition coefficient (Wildman–Crippen LogP) is 4.25. The number of thiazole rings is 1. The molecule has 0 bridgehead atoms. The number of carbonyl (C=O) groups is 1. The molecule has 140 valence electrons. The summed E-state index contributed by atoms with van der Waals surface area (Å²) < 4.78 is 16.2. The lowest BCUT2D eigenvalue weighted by Gasteiger charge is -2.13. The van der Waals surface area contributed by atoms with Gasteiger partial charge in [-0.3, -0.25) is 4.79 Å². The number of hydrogen-bond donors (Lipinski definition) is 0. The molecule has 0 aliphatic carbocycles. The highest BCUT2D eigenvalue weighted by Crippen LogP contribution is 2.34. The molecule has 0 saturated carbocycles. The van der Waals surface area contributed by atoms with Crippen LogP contribution in [0.3, 0.4) is 0 Å². The zero-order valence-corrected chi connectivity index (χ0v) is 16.0. The number of benzene rings is 1. The van der Waals surface area contributed by atoms with Crippen molar-refractivity contribution < 1.29 is 18.7 Å². The number of amides is 1. The lowest BCUT2D eigenvalue weighted by molar-refractivity contribution is 0.0770. The number of carbonyl (C=O) groups excluding carboxylic acids is 1. The molecule has 3 rings (SSSR count). The van der Waals surface area contributed by atoms with Crippen molar-refractivity contribution in [3.63, 3.8) is 0 Å². The van der Waals surface area contributed by atoms with E-state index in [0.29, 0.717) is 30.3 Å². The van der Waals surface area contributed by atoms with Crippen molar-refractivity contribution in [2.24, 2.45) is 0 Å². The third kappa shape index (κ3) is 4.38. The lowest BCUT2D eigenvalue weighted by Crippen LogP contribution is -2.26. The van der Waals surface area contributed by atoms with Gasteiger partial charge in [-0.1, -0.05) is 12.7 Å². The molecule has 2 aromatic heterocycles. The molecule has 0 saturated heterocycles. The summed E-state index contributed by atoms with van der Waals surface area (Å²) in [6.45, 7) is 4.42. The minimum absolute atomic E-state index is 0.160. The predicted molar refractivity (Wildman–Crippen MR) is 104 cm³/mol. The van der Waals surface area contributed by atoms with Crippen LogP contribution in [0.15, 0.2) is 59.0 Å². The first-order valence-corrected chi connectivity index (χ1v) is 9.15. The number of hydrogen-bond acceptors (Lipinski definition) is 6. The number of aromatic nitrogens is 1. The minimum atomic E-state index is -0.160. The van der Waals surface area contributed by atoms with Gasteiger partial charge in [0, 0.05) is 18.0 Å². The number of methoxy groups -OCH3 is 1. The topological polar surface area (TPSA) is 64.8 Å². The van der Waals surface area contributed by atoms with Crippen LogP contribution in [0, 0.1) is 0 Å². The lowest BCUT2D eigenvalue weighted by atomic mass is 10.2. The third-order valence-electron chi connectivity index (χ3n) is 3.81. The fraction of sp³-hybridized carbons (Fsp3) is 0.200. The monoisotopic (exact) mass is 384 g/mol. The molecule has 7 heteroatoms. The van der Waals surface area contributed by atoms with Crippen LogP contribution in [-0.4, -0.2) is 36.6 Å². The molecule has 0 unspecified atom stereocenters. The van der Waals surface area contributed by atoms with E-state index >= 15 is 0 Å². The summed E-state index contributed by atoms with van der Waals surface area (Å²) in [7, 11) is 3.30. The Morgan fingerprint density at radius 1 is 1.37 bits per heavy atom. The highest BCUT2D eigenvalue weighted by Gasteiger charge is 2.18. The summed E-state index contributed by atoms with van der Waals surface area (Å²) in [5.74, 6) is 1.80. The van der Waals surface area contributed by atoms with Gasteiger partial charge in [0.2, 0.25) is 0 Å². The van der Waals surface area contributed by atoms with Crippen LogP contribution < -0.4 is 9.47 Å². The molecule has 0 fully saturated rings. The van der Waals surface area contributed by atoms with Crippen molar-refractivity contribution in [1.82, 2.24) is 9.88 Å². The van der Waals surface area contributed by atoms with Crippen molar-refractivity contribution >= 4 is 17.2 Å². The first-order valence-electron chi connectivity index (χ1n) is 8.28. The van der Waals surface area contributed by atoms with Crippen LogP contribution in [0.1, 0.15) is 16.2 Å². The van der Waals surface area contributed by atoms with Crippen LogP contribution in [0.5, 0.6) is 11.5 Å². The Balaban J connectivity index is 1.76. The van der Waals surface area contributed by atoms with Crippen molar-refractivity contribution in [2.75, 3.05) is 20.8 Å². The fourth-order valence-electron chi connectivity index (χ4n) is 2.48. The highest BCUT2D eigenvalue weighted by atomic mass is 32.1. The molecule has 1 amide bonds. The SMILES string of the molecule is C=CCOc1ccc(-c2nc(C(=O)N(C)Cc3ccco3)cs2)cc1OC. The zero-order valence-electron chi connectivity index (χ0n) is 15.2. The molecule has 1 aromatic carbocycles. The Kier molecular flexibility index (Phi) is 5.93. The quantitative estimate of drug-likeness (QED) is 0.543. The maximum atomic E-state index is 12.6. The average molecular weight is 384 g/mol. The van der Waals surface area contributed by atoms with Gasteiger partial charge in [-0.25, -0.2) is 4.98 Å². The second-order valence-corrected chi connectivity index (χ2v) is 6.60. The molecule has 0 aliphatic heterocycles. The van der Waals surface area contributed by atoms with E-state index in [-0.39, 0.29) is 5.91 Å². The summed E-state index contributed by atoms with van der Waals surface area (Å²) in [6.07, 6.45) is 3.26. The number of nitrogens with zero attached hydrogens (tertiary/aromatic N) is 2. The smallest absolute Gasteiger partial charge is 0.273 e. The van der Waals surface area contributed by atoms with Crippen LogP contribution in [0.4, 0.5) is 0 Å². The van der Waals surface area contributed by atoms with Gasteiger partial charge in [-0.05, 0) is 30.3 Å². The van der Waals surface area contributed by atoms with E-state index in [2.05, 4.69) is 11.6 Å². The summed E-state index contributed by atoms with van der Waals surface area (Å²) in [5, 5.41) is 2.49. The van der Waals surface area contributed by atoms with Gasteiger partial charge in [0.1, 0.15) is 23.1 Å². The molecule has 0 radical (unpaired) electrons. The molecule has 0 aliphatic rings. The molecular weight excluding hydrogens is 364 g/mol. The molecular formula is C20H20N2O4S.